The number of pyridine rings is 1. The van der Waals surface area contributed by atoms with E-state index in [9.17, 15) is 0 Å². The maximum atomic E-state index is 5.99. The lowest BCUT2D eigenvalue weighted by Gasteiger charge is -2.05. The molecule has 2 heterocycles. The van der Waals surface area contributed by atoms with Crippen molar-refractivity contribution in [1.29, 1.82) is 0 Å². The minimum atomic E-state index is 0. The molecule has 3 nitrogen and oxygen atoms in total. The Hall–Kier alpha value is -1.58. The highest BCUT2D eigenvalue weighted by Crippen LogP contribution is 2.23. The molecule has 0 bridgehead atoms. The number of aromatic nitrogens is 3. The van der Waals surface area contributed by atoms with Crippen LogP contribution in [-0.4, -0.2) is 14.8 Å². The van der Waals surface area contributed by atoms with E-state index in [2.05, 4.69) is 10.1 Å². The number of halogens is 2. The summed E-state index contributed by atoms with van der Waals surface area (Å²) in [4.78, 5) is 4.29. The van der Waals surface area contributed by atoms with E-state index in [0.29, 0.717) is 5.02 Å². The van der Waals surface area contributed by atoms with Crippen molar-refractivity contribution in [1.82, 2.24) is 14.8 Å². The Morgan fingerprint density at radius 1 is 1.12 bits per heavy atom. The Morgan fingerprint density at radius 2 is 2.00 bits per heavy atom. The topological polar surface area (TPSA) is 30.7 Å². The van der Waals surface area contributed by atoms with Crippen LogP contribution in [0.15, 0.2) is 48.9 Å². The predicted molar refractivity (Wildman–Crippen MR) is 71.1 cm³/mol. The van der Waals surface area contributed by atoms with E-state index < -0.39 is 0 Å². The zero-order valence-electron chi connectivity index (χ0n) is 8.75. The Bertz CT molecular complexity index is 635. The van der Waals surface area contributed by atoms with Crippen LogP contribution < -0.4 is 0 Å². The highest BCUT2D eigenvalue weighted by Gasteiger charge is 2.04. The first-order valence-corrected chi connectivity index (χ1v) is 5.27. The minimum Gasteiger partial charge on any atom is -0.256 e. The molecule has 3 aromatic rings. The highest BCUT2D eigenvalue weighted by molar-refractivity contribution is 6.31. The molecule has 17 heavy (non-hydrogen) atoms. The van der Waals surface area contributed by atoms with E-state index in [1.165, 1.54) is 0 Å². The average molecular weight is 266 g/mol. The van der Waals surface area contributed by atoms with Gasteiger partial charge in [-0.2, -0.15) is 5.10 Å². The van der Waals surface area contributed by atoms with E-state index in [1.54, 1.807) is 17.1 Å². The molecule has 0 saturated heterocycles. The minimum absolute atomic E-state index is 0. The standard InChI is InChI=1S/C12H8ClN3.ClH/c13-9-2-3-11-10(8-9)12(4-6-14-11)16-7-1-5-15-16;/h1-8H;1H. The normalized spacial score (nSPS) is 10.2. The third kappa shape index (κ3) is 2.12. The molecule has 0 spiro atoms. The van der Waals surface area contributed by atoms with E-state index in [4.69, 9.17) is 11.6 Å². The van der Waals surface area contributed by atoms with Crippen LogP contribution in [0.25, 0.3) is 16.6 Å². The second-order valence-electron chi connectivity index (χ2n) is 3.44. The molecule has 86 valence electrons. The molecule has 0 saturated carbocycles. The second-order valence-corrected chi connectivity index (χ2v) is 3.88. The van der Waals surface area contributed by atoms with Crippen molar-refractivity contribution in [3.63, 3.8) is 0 Å². The van der Waals surface area contributed by atoms with Crippen molar-refractivity contribution in [3.05, 3.63) is 53.9 Å². The molecule has 0 aliphatic carbocycles. The number of rotatable bonds is 1. The second kappa shape index (κ2) is 4.73. The molecule has 0 aliphatic rings. The zero-order chi connectivity index (χ0) is 11.0. The van der Waals surface area contributed by atoms with Crippen molar-refractivity contribution in [2.24, 2.45) is 0 Å². The number of benzene rings is 1. The summed E-state index contributed by atoms with van der Waals surface area (Å²) in [7, 11) is 0. The lowest BCUT2D eigenvalue weighted by Crippen LogP contribution is -1.96. The molecule has 0 fully saturated rings. The van der Waals surface area contributed by atoms with Crippen molar-refractivity contribution >= 4 is 34.9 Å². The van der Waals surface area contributed by atoms with E-state index in [-0.39, 0.29) is 12.4 Å². The summed E-state index contributed by atoms with van der Waals surface area (Å²) in [5.41, 5.74) is 1.90. The van der Waals surface area contributed by atoms with E-state index in [1.807, 2.05) is 36.5 Å². The lowest BCUT2D eigenvalue weighted by atomic mass is 10.2. The van der Waals surface area contributed by atoms with Crippen LogP contribution in [0.5, 0.6) is 0 Å². The summed E-state index contributed by atoms with van der Waals surface area (Å²) in [5.74, 6) is 0. The van der Waals surface area contributed by atoms with Crippen LogP contribution >= 0.6 is 24.0 Å². The third-order valence-corrected chi connectivity index (χ3v) is 2.67. The van der Waals surface area contributed by atoms with Crippen LogP contribution in [0.2, 0.25) is 5.02 Å². The molecule has 0 amide bonds. The first-order chi connectivity index (χ1) is 7.84. The maximum Gasteiger partial charge on any atom is 0.0755 e. The van der Waals surface area contributed by atoms with Crippen LogP contribution in [-0.2, 0) is 0 Å². The summed E-state index contributed by atoms with van der Waals surface area (Å²) in [5, 5.41) is 5.91. The summed E-state index contributed by atoms with van der Waals surface area (Å²) in [6.45, 7) is 0. The maximum absolute atomic E-state index is 5.99. The molecule has 0 atom stereocenters. The van der Waals surface area contributed by atoms with Gasteiger partial charge in [-0.25, -0.2) is 4.68 Å². The average Bonchev–Trinajstić information content (AvgIpc) is 2.81. The van der Waals surface area contributed by atoms with Crippen molar-refractivity contribution in [3.8, 4) is 5.69 Å². The number of nitrogens with zero attached hydrogens (tertiary/aromatic N) is 3. The van der Waals surface area contributed by atoms with Gasteiger partial charge in [-0.1, -0.05) is 11.6 Å². The van der Waals surface area contributed by atoms with E-state index >= 15 is 0 Å². The summed E-state index contributed by atoms with van der Waals surface area (Å²) in [6, 6.07) is 9.46. The summed E-state index contributed by atoms with van der Waals surface area (Å²) < 4.78 is 1.81. The monoisotopic (exact) mass is 265 g/mol. The zero-order valence-corrected chi connectivity index (χ0v) is 10.3. The fraction of sp³-hybridized carbons (Fsp3) is 0. The third-order valence-electron chi connectivity index (χ3n) is 2.43. The predicted octanol–water partition coefficient (Wildman–Crippen LogP) is 3.50. The van der Waals surface area contributed by atoms with Gasteiger partial charge in [0, 0.05) is 29.0 Å². The van der Waals surface area contributed by atoms with Crippen LogP contribution in [0.1, 0.15) is 0 Å². The first kappa shape index (κ1) is 11.9. The van der Waals surface area contributed by atoms with Gasteiger partial charge in [0.2, 0.25) is 0 Å². The molecular weight excluding hydrogens is 257 g/mol. The molecular formula is C12H9Cl2N3. The summed E-state index contributed by atoms with van der Waals surface area (Å²) >= 11 is 5.99. The first-order valence-electron chi connectivity index (χ1n) is 4.89. The van der Waals surface area contributed by atoms with Gasteiger partial charge in [0.1, 0.15) is 0 Å². The van der Waals surface area contributed by atoms with Gasteiger partial charge >= 0.3 is 0 Å². The van der Waals surface area contributed by atoms with E-state index in [0.717, 1.165) is 16.6 Å². The van der Waals surface area contributed by atoms with Gasteiger partial charge in [0.15, 0.2) is 0 Å². The highest BCUT2D eigenvalue weighted by atomic mass is 35.5. The Balaban J connectivity index is 0.00000108. The quantitative estimate of drug-likeness (QED) is 0.675. The number of fused-ring (bicyclic) bond motifs is 1. The lowest BCUT2D eigenvalue weighted by molar-refractivity contribution is 0.886. The molecule has 3 rings (SSSR count). The van der Waals surface area contributed by atoms with Gasteiger partial charge in [-0.3, -0.25) is 4.98 Å². The van der Waals surface area contributed by atoms with Gasteiger partial charge in [-0.05, 0) is 30.3 Å². The molecule has 0 N–H and O–H groups in total. The fourth-order valence-corrected chi connectivity index (χ4v) is 1.89. The van der Waals surface area contributed by atoms with Crippen molar-refractivity contribution < 1.29 is 0 Å². The Labute approximate surface area is 109 Å². The Morgan fingerprint density at radius 3 is 2.76 bits per heavy atom. The van der Waals surface area contributed by atoms with Crippen LogP contribution in [0.3, 0.4) is 0 Å². The van der Waals surface area contributed by atoms with Gasteiger partial charge < -0.3 is 0 Å². The van der Waals surface area contributed by atoms with Crippen LogP contribution in [0, 0.1) is 0 Å². The smallest absolute Gasteiger partial charge is 0.0755 e. The van der Waals surface area contributed by atoms with Crippen molar-refractivity contribution in [2.45, 2.75) is 0 Å². The van der Waals surface area contributed by atoms with Gasteiger partial charge in [-0.15, -0.1) is 12.4 Å². The van der Waals surface area contributed by atoms with Crippen molar-refractivity contribution in [2.75, 3.05) is 0 Å². The van der Waals surface area contributed by atoms with Gasteiger partial charge in [0.25, 0.3) is 0 Å². The molecule has 0 unspecified atom stereocenters. The largest absolute Gasteiger partial charge is 0.256 e. The molecule has 5 heteroatoms. The number of hydrogen-bond donors (Lipinski definition) is 0. The number of hydrogen-bond acceptors (Lipinski definition) is 2. The van der Waals surface area contributed by atoms with Gasteiger partial charge in [0.05, 0.1) is 11.2 Å². The molecule has 0 aliphatic heterocycles. The summed E-state index contributed by atoms with van der Waals surface area (Å²) in [6.07, 6.45) is 5.42. The molecule has 2 aromatic heterocycles. The van der Waals surface area contributed by atoms with Crippen LogP contribution in [0.4, 0.5) is 0 Å². The molecule has 1 aromatic carbocycles. The molecule has 0 radical (unpaired) electrons. The Kier molecular flexibility index (Phi) is 3.31. The fourth-order valence-electron chi connectivity index (χ4n) is 1.72. The SMILES string of the molecule is Cl.Clc1ccc2nccc(-n3cccn3)c2c1.